The highest BCUT2D eigenvalue weighted by Crippen LogP contribution is 2.68. The van der Waals surface area contributed by atoms with Gasteiger partial charge in [0.05, 0.1) is 24.1 Å². The molecule has 4 unspecified atom stereocenters. The Morgan fingerprint density at radius 3 is 2.14 bits per heavy atom. The van der Waals surface area contributed by atoms with E-state index in [1.54, 1.807) is 55.5 Å². The van der Waals surface area contributed by atoms with Crippen LogP contribution in [0, 0.1) is 56.2 Å². The topological polar surface area (TPSA) is 114 Å². The number of nitrogens with one attached hydrogen (secondary N) is 1. The fraction of sp³-hybridized carbons (Fsp3) is 0.273. The molecule has 2 aromatic rings. The molecule has 2 aliphatic heterocycles. The van der Waals surface area contributed by atoms with Crippen molar-refractivity contribution >= 4 is 17.5 Å². The van der Waals surface area contributed by atoms with Gasteiger partial charge in [0.15, 0.2) is 5.41 Å². The number of halogens is 1. The number of hydrogen-bond acceptors (Lipinski definition) is 6. The van der Waals surface area contributed by atoms with Gasteiger partial charge in [0.1, 0.15) is 6.10 Å². The zero-order valence-electron chi connectivity index (χ0n) is 15.4. The Hall–Kier alpha value is -3.37. The Labute approximate surface area is 173 Å². The molecule has 2 bridgehead atoms. The van der Waals surface area contributed by atoms with Crippen LogP contribution in [-0.2, 0) is 15.3 Å². The van der Waals surface area contributed by atoms with Crippen molar-refractivity contribution in [3.63, 3.8) is 0 Å². The van der Waals surface area contributed by atoms with Crippen LogP contribution in [0.3, 0.4) is 0 Å². The first kappa shape index (κ1) is 19.0. The second kappa shape index (κ2) is 6.33. The predicted molar refractivity (Wildman–Crippen MR) is 103 cm³/mol. The van der Waals surface area contributed by atoms with Gasteiger partial charge < -0.3 is 9.47 Å². The summed E-state index contributed by atoms with van der Waals surface area (Å²) in [6.07, 6.45) is -1.13. The summed E-state index contributed by atoms with van der Waals surface area (Å²) in [5.41, 5.74) is -2.68. The Balaban J connectivity index is 2.04. The summed E-state index contributed by atoms with van der Waals surface area (Å²) in [4.78, 5) is 0. The number of rotatable bonds is 2. The summed E-state index contributed by atoms with van der Waals surface area (Å²) in [5, 5.41) is 39.5. The number of hydrogen-bond donors (Lipinski definition) is 1. The van der Waals surface area contributed by atoms with Gasteiger partial charge in [-0.1, -0.05) is 61.0 Å². The van der Waals surface area contributed by atoms with E-state index in [9.17, 15) is 15.8 Å². The molecule has 7 heteroatoms. The van der Waals surface area contributed by atoms with Gasteiger partial charge >= 0.3 is 0 Å². The maximum atomic E-state index is 10.2. The first-order valence-corrected chi connectivity index (χ1v) is 9.30. The molecule has 2 aliphatic rings. The third kappa shape index (κ3) is 2.15. The van der Waals surface area contributed by atoms with Gasteiger partial charge in [-0.05, 0) is 17.7 Å². The standard InChI is InChI=1S/C22H15ClN4O2/c1-14-21(13-26)19(27)29-22(14,16-5-3-2-4-6-16)28-18(20(21,11-24)12-25)15-7-9-17(23)10-8-15/h2-10,14,18,27H,1H3. The maximum Gasteiger partial charge on any atom is 0.244 e. The molecule has 0 radical (unpaired) electrons. The van der Waals surface area contributed by atoms with E-state index < -0.39 is 34.5 Å². The average molecular weight is 403 g/mol. The van der Waals surface area contributed by atoms with Crippen molar-refractivity contribution < 1.29 is 9.47 Å². The number of benzene rings is 2. The van der Waals surface area contributed by atoms with Crippen molar-refractivity contribution in [3.05, 3.63) is 70.7 Å². The van der Waals surface area contributed by atoms with E-state index in [1.807, 2.05) is 18.2 Å². The molecule has 4 rings (SSSR count). The Kier molecular flexibility index (Phi) is 4.14. The van der Waals surface area contributed by atoms with Crippen LogP contribution in [-0.4, -0.2) is 5.90 Å². The molecule has 2 saturated heterocycles. The highest BCUT2D eigenvalue weighted by atomic mass is 35.5. The van der Waals surface area contributed by atoms with E-state index in [0.717, 1.165) is 0 Å². The molecule has 4 atom stereocenters. The molecule has 1 N–H and O–H groups in total. The normalized spacial score (nSPS) is 31.8. The Morgan fingerprint density at radius 1 is 0.966 bits per heavy atom. The molecule has 0 saturated carbocycles. The van der Waals surface area contributed by atoms with Crippen LogP contribution in [0.2, 0.25) is 5.02 Å². The van der Waals surface area contributed by atoms with E-state index >= 15 is 0 Å². The number of nitriles is 3. The van der Waals surface area contributed by atoms with Crippen LogP contribution in [0.4, 0.5) is 0 Å². The lowest BCUT2D eigenvalue weighted by molar-refractivity contribution is -0.288. The summed E-state index contributed by atoms with van der Waals surface area (Å²) in [5.74, 6) is -2.69. The minimum atomic E-state index is -1.99. The third-order valence-electron chi connectivity index (χ3n) is 6.02. The molecule has 29 heavy (non-hydrogen) atoms. The molecule has 0 aromatic heterocycles. The molecule has 0 aliphatic carbocycles. The van der Waals surface area contributed by atoms with Gasteiger partial charge in [-0.3, -0.25) is 5.41 Å². The fourth-order valence-corrected chi connectivity index (χ4v) is 4.60. The van der Waals surface area contributed by atoms with Crippen molar-refractivity contribution in [2.45, 2.75) is 18.8 Å². The monoisotopic (exact) mass is 402 g/mol. The molecule has 0 spiro atoms. The van der Waals surface area contributed by atoms with Crippen LogP contribution >= 0.6 is 11.6 Å². The lowest BCUT2D eigenvalue weighted by Crippen LogP contribution is -2.57. The quantitative estimate of drug-likeness (QED) is 0.796. The SMILES string of the molecule is CC1C2(c3ccccc3)OC(=N)C1(C#N)C(C#N)(C#N)C(c1ccc(Cl)cc1)O2. The second-order valence-electron chi connectivity index (χ2n) is 7.19. The van der Waals surface area contributed by atoms with Gasteiger partial charge in [-0.2, -0.15) is 15.8 Å². The molecule has 2 fully saturated rings. The molecule has 2 aromatic carbocycles. The Morgan fingerprint density at radius 2 is 1.59 bits per heavy atom. The van der Waals surface area contributed by atoms with Crippen molar-refractivity contribution in [1.29, 1.82) is 21.2 Å². The van der Waals surface area contributed by atoms with Crippen molar-refractivity contribution in [3.8, 4) is 18.2 Å². The van der Waals surface area contributed by atoms with Gasteiger partial charge in [0, 0.05) is 10.6 Å². The van der Waals surface area contributed by atoms with E-state index in [1.165, 1.54) is 0 Å². The predicted octanol–water partition coefficient (Wildman–Crippen LogP) is 4.45. The highest BCUT2D eigenvalue weighted by molar-refractivity contribution is 6.30. The number of ether oxygens (including phenoxy) is 2. The first-order valence-electron chi connectivity index (χ1n) is 8.92. The smallest absolute Gasteiger partial charge is 0.244 e. The minimum Gasteiger partial charge on any atom is -0.443 e. The van der Waals surface area contributed by atoms with Crippen LogP contribution in [0.15, 0.2) is 54.6 Å². The van der Waals surface area contributed by atoms with E-state index in [0.29, 0.717) is 16.1 Å². The average Bonchev–Trinajstić information content (AvgIpc) is 2.91. The maximum absolute atomic E-state index is 10.2. The first-order chi connectivity index (χ1) is 13.9. The summed E-state index contributed by atoms with van der Waals surface area (Å²) in [7, 11) is 0. The van der Waals surface area contributed by atoms with Crippen molar-refractivity contribution in [2.75, 3.05) is 0 Å². The molecular formula is C22H15ClN4O2. The molecule has 142 valence electrons. The van der Waals surface area contributed by atoms with Crippen molar-refractivity contribution in [2.24, 2.45) is 16.7 Å². The summed E-state index contributed by atoms with van der Waals surface area (Å²) in [6.45, 7) is 1.68. The molecular weight excluding hydrogens is 388 g/mol. The van der Waals surface area contributed by atoms with E-state index in [-0.39, 0.29) is 0 Å². The summed E-state index contributed by atoms with van der Waals surface area (Å²) in [6, 6.07) is 21.7. The fourth-order valence-electron chi connectivity index (χ4n) is 4.48. The second-order valence-corrected chi connectivity index (χ2v) is 7.62. The van der Waals surface area contributed by atoms with Crippen LogP contribution in [0.1, 0.15) is 24.2 Å². The van der Waals surface area contributed by atoms with Crippen LogP contribution in [0.25, 0.3) is 0 Å². The van der Waals surface area contributed by atoms with Gasteiger partial charge in [0.2, 0.25) is 17.1 Å². The van der Waals surface area contributed by atoms with Crippen LogP contribution in [0.5, 0.6) is 0 Å². The number of fused-ring (bicyclic) bond motifs is 2. The lowest BCUT2D eigenvalue weighted by atomic mass is 9.53. The van der Waals surface area contributed by atoms with E-state index in [2.05, 4.69) is 6.07 Å². The molecule has 6 nitrogen and oxygen atoms in total. The van der Waals surface area contributed by atoms with Gasteiger partial charge in [-0.25, -0.2) is 0 Å². The summed E-state index contributed by atoms with van der Waals surface area (Å²) >= 11 is 6.00. The summed E-state index contributed by atoms with van der Waals surface area (Å²) < 4.78 is 12.3. The van der Waals surface area contributed by atoms with Gasteiger partial charge in [0.25, 0.3) is 0 Å². The zero-order valence-corrected chi connectivity index (χ0v) is 16.1. The minimum absolute atomic E-state index is 0.434. The largest absolute Gasteiger partial charge is 0.443 e. The molecule has 2 heterocycles. The van der Waals surface area contributed by atoms with E-state index in [4.69, 9.17) is 26.5 Å². The third-order valence-corrected chi connectivity index (χ3v) is 6.27. The zero-order chi connectivity index (χ0) is 20.9. The van der Waals surface area contributed by atoms with Gasteiger partial charge in [-0.15, -0.1) is 0 Å². The molecule has 0 amide bonds. The number of nitrogens with zero attached hydrogens (tertiary/aromatic N) is 3. The van der Waals surface area contributed by atoms with Crippen LogP contribution < -0.4 is 0 Å². The van der Waals surface area contributed by atoms with Crippen molar-refractivity contribution in [1.82, 2.24) is 0 Å². The highest BCUT2D eigenvalue weighted by Gasteiger charge is 2.79. The Bertz CT molecular complexity index is 1100. The lowest BCUT2D eigenvalue weighted by Gasteiger charge is -2.48.